The van der Waals surface area contributed by atoms with E-state index in [9.17, 15) is 13.2 Å². The predicted octanol–water partition coefficient (Wildman–Crippen LogP) is 5.10. The van der Waals surface area contributed by atoms with Gasteiger partial charge in [0.25, 0.3) is 0 Å². The van der Waals surface area contributed by atoms with Crippen LogP contribution in [-0.2, 0) is 0 Å². The SMILES string of the molecule is CC(C)Nc1nc(OCC(F)(F)F)nc(N(c2ccccc2)c2ccccc2)n1. The number of hydrogen-bond acceptors (Lipinski definition) is 6. The number of aromatic nitrogens is 3. The fraction of sp³-hybridized carbons (Fsp3) is 0.250. The van der Waals surface area contributed by atoms with Crippen LogP contribution in [0.1, 0.15) is 13.8 Å². The first-order valence-corrected chi connectivity index (χ1v) is 8.94. The number of benzene rings is 2. The molecule has 0 saturated carbocycles. The molecule has 0 aliphatic heterocycles. The van der Waals surface area contributed by atoms with E-state index < -0.39 is 18.8 Å². The summed E-state index contributed by atoms with van der Waals surface area (Å²) in [6.07, 6.45) is -4.50. The summed E-state index contributed by atoms with van der Waals surface area (Å²) < 4.78 is 42.7. The summed E-state index contributed by atoms with van der Waals surface area (Å²) in [4.78, 5) is 14.2. The summed E-state index contributed by atoms with van der Waals surface area (Å²) in [5, 5.41) is 2.99. The van der Waals surface area contributed by atoms with Crippen LogP contribution in [0.15, 0.2) is 60.7 Å². The molecule has 29 heavy (non-hydrogen) atoms. The largest absolute Gasteiger partial charge is 0.454 e. The maximum atomic E-state index is 12.6. The number of nitrogens with one attached hydrogen (secondary N) is 1. The minimum absolute atomic E-state index is 0.0392. The van der Waals surface area contributed by atoms with Crippen LogP contribution in [0.25, 0.3) is 0 Å². The molecule has 0 unspecified atom stereocenters. The Morgan fingerprint density at radius 1 is 0.897 bits per heavy atom. The lowest BCUT2D eigenvalue weighted by Crippen LogP contribution is -2.22. The zero-order chi connectivity index (χ0) is 20.9. The van der Waals surface area contributed by atoms with Gasteiger partial charge in [0.15, 0.2) is 6.61 Å². The number of nitrogens with zero attached hydrogens (tertiary/aromatic N) is 4. The number of para-hydroxylation sites is 2. The van der Waals surface area contributed by atoms with Crippen LogP contribution < -0.4 is 15.0 Å². The van der Waals surface area contributed by atoms with Gasteiger partial charge in [-0.1, -0.05) is 36.4 Å². The van der Waals surface area contributed by atoms with Gasteiger partial charge in [0, 0.05) is 17.4 Å². The molecule has 0 bridgehead atoms. The van der Waals surface area contributed by atoms with Crippen LogP contribution >= 0.6 is 0 Å². The number of anilines is 4. The van der Waals surface area contributed by atoms with Crippen molar-refractivity contribution in [3.63, 3.8) is 0 Å². The molecule has 0 aliphatic carbocycles. The molecule has 0 fully saturated rings. The van der Waals surface area contributed by atoms with E-state index in [0.717, 1.165) is 11.4 Å². The van der Waals surface area contributed by atoms with Crippen LogP contribution in [0.5, 0.6) is 6.01 Å². The van der Waals surface area contributed by atoms with E-state index in [4.69, 9.17) is 4.74 Å². The van der Waals surface area contributed by atoms with Crippen molar-refractivity contribution in [1.82, 2.24) is 15.0 Å². The molecule has 6 nitrogen and oxygen atoms in total. The van der Waals surface area contributed by atoms with Gasteiger partial charge < -0.3 is 10.1 Å². The highest BCUT2D eigenvalue weighted by Gasteiger charge is 2.29. The monoisotopic (exact) mass is 403 g/mol. The Balaban J connectivity index is 2.08. The van der Waals surface area contributed by atoms with E-state index in [-0.39, 0.29) is 17.9 Å². The van der Waals surface area contributed by atoms with Gasteiger partial charge in [-0.15, -0.1) is 0 Å². The highest BCUT2D eigenvalue weighted by atomic mass is 19.4. The van der Waals surface area contributed by atoms with Gasteiger partial charge in [-0.05, 0) is 38.1 Å². The molecule has 0 saturated heterocycles. The minimum Gasteiger partial charge on any atom is -0.454 e. The summed E-state index contributed by atoms with van der Waals surface area (Å²) in [7, 11) is 0. The number of rotatable bonds is 7. The minimum atomic E-state index is -4.50. The van der Waals surface area contributed by atoms with E-state index in [1.165, 1.54) is 0 Å². The van der Waals surface area contributed by atoms with Crippen molar-refractivity contribution in [1.29, 1.82) is 0 Å². The number of ether oxygens (including phenoxy) is 1. The fourth-order valence-electron chi connectivity index (χ4n) is 2.51. The van der Waals surface area contributed by atoms with Crippen molar-refractivity contribution in [2.75, 3.05) is 16.8 Å². The van der Waals surface area contributed by atoms with E-state index in [2.05, 4.69) is 20.3 Å². The third-order valence-electron chi connectivity index (χ3n) is 3.61. The van der Waals surface area contributed by atoms with E-state index in [0.29, 0.717) is 0 Å². The van der Waals surface area contributed by atoms with Crippen LogP contribution in [0, 0.1) is 0 Å². The smallest absolute Gasteiger partial charge is 0.422 e. The first-order chi connectivity index (χ1) is 13.8. The summed E-state index contributed by atoms with van der Waals surface area (Å²) in [6.45, 7) is 2.24. The molecular weight excluding hydrogens is 383 g/mol. The van der Waals surface area contributed by atoms with Crippen molar-refractivity contribution in [2.45, 2.75) is 26.1 Å². The van der Waals surface area contributed by atoms with Gasteiger partial charge in [0.1, 0.15) is 0 Å². The third kappa shape index (κ3) is 5.81. The molecule has 0 amide bonds. The highest BCUT2D eigenvalue weighted by molar-refractivity contribution is 5.72. The number of hydrogen-bond donors (Lipinski definition) is 1. The van der Waals surface area contributed by atoms with Crippen molar-refractivity contribution >= 4 is 23.3 Å². The molecule has 1 heterocycles. The molecule has 152 valence electrons. The van der Waals surface area contributed by atoms with Crippen molar-refractivity contribution in [3.8, 4) is 6.01 Å². The van der Waals surface area contributed by atoms with Gasteiger partial charge in [0.05, 0.1) is 0 Å². The zero-order valence-electron chi connectivity index (χ0n) is 15.9. The molecule has 0 atom stereocenters. The lowest BCUT2D eigenvalue weighted by Gasteiger charge is -2.24. The Bertz CT molecular complexity index is 881. The molecule has 0 aliphatic rings. The Kier molecular flexibility index (Phi) is 6.16. The first-order valence-electron chi connectivity index (χ1n) is 8.94. The highest BCUT2D eigenvalue weighted by Crippen LogP contribution is 2.33. The van der Waals surface area contributed by atoms with E-state index in [1.54, 1.807) is 4.90 Å². The second-order valence-corrected chi connectivity index (χ2v) is 6.45. The zero-order valence-corrected chi connectivity index (χ0v) is 15.9. The van der Waals surface area contributed by atoms with Crippen LogP contribution in [0.4, 0.5) is 36.4 Å². The van der Waals surface area contributed by atoms with Crippen molar-refractivity contribution in [2.24, 2.45) is 0 Å². The van der Waals surface area contributed by atoms with Gasteiger partial charge in [0.2, 0.25) is 11.9 Å². The summed E-state index contributed by atoms with van der Waals surface area (Å²) in [6, 6.07) is 18.1. The van der Waals surface area contributed by atoms with Gasteiger partial charge in [-0.2, -0.15) is 28.1 Å². The molecule has 3 rings (SSSR count). The molecular formula is C20H20F3N5O. The fourth-order valence-corrected chi connectivity index (χ4v) is 2.51. The Labute approximate surface area is 166 Å². The Hall–Kier alpha value is -3.36. The normalized spacial score (nSPS) is 11.4. The summed E-state index contributed by atoms with van der Waals surface area (Å²) in [5.41, 5.74) is 1.48. The second kappa shape index (κ2) is 8.76. The summed E-state index contributed by atoms with van der Waals surface area (Å²) in [5.74, 6) is 0.261. The first kappa shape index (κ1) is 20.4. The quantitative estimate of drug-likeness (QED) is 0.592. The standard InChI is InChI=1S/C20H20F3N5O/c1-14(2)24-17-25-18(27-19(26-17)29-13-20(21,22)23)28(15-9-5-3-6-10-15)16-11-7-4-8-12-16/h3-12,14H,13H2,1-2H3,(H,24,25,26,27). The van der Waals surface area contributed by atoms with Gasteiger partial charge in [-0.3, -0.25) is 4.90 Å². The lowest BCUT2D eigenvalue weighted by atomic mass is 10.2. The molecule has 0 radical (unpaired) electrons. The van der Waals surface area contributed by atoms with Gasteiger partial charge in [-0.25, -0.2) is 0 Å². The van der Waals surface area contributed by atoms with Crippen molar-refractivity contribution in [3.05, 3.63) is 60.7 Å². The summed E-state index contributed by atoms with van der Waals surface area (Å²) >= 11 is 0. The molecule has 1 N–H and O–H groups in total. The van der Waals surface area contributed by atoms with Crippen molar-refractivity contribution < 1.29 is 17.9 Å². The molecule has 9 heteroatoms. The maximum absolute atomic E-state index is 12.6. The molecule has 2 aromatic carbocycles. The lowest BCUT2D eigenvalue weighted by molar-refractivity contribution is -0.154. The average Bonchev–Trinajstić information content (AvgIpc) is 2.67. The molecule has 1 aromatic heterocycles. The van der Waals surface area contributed by atoms with Crippen LogP contribution in [-0.4, -0.2) is 33.8 Å². The maximum Gasteiger partial charge on any atom is 0.422 e. The second-order valence-electron chi connectivity index (χ2n) is 6.45. The third-order valence-corrected chi connectivity index (χ3v) is 3.61. The average molecular weight is 403 g/mol. The Morgan fingerprint density at radius 2 is 1.45 bits per heavy atom. The number of alkyl halides is 3. The Morgan fingerprint density at radius 3 is 1.93 bits per heavy atom. The number of halogens is 3. The van der Waals surface area contributed by atoms with Gasteiger partial charge >= 0.3 is 12.2 Å². The van der Waals surface area contributed by atoms with Crippen LogP contribution in [0.3, 0.4) is 0 Å². The van der Waals surface area contributed by atoms with Crippen LogP contribution in [0.2, 0.25) is 0 Å². The predicted molar refractivity (Wildman–Crippen MR) is 105 cm³/mol. The molecule has 3 aromatic rings. The van der Waals surface area contributed by atoms with E-state index >= 15 is 0 Å². The van der Waals surface area contributed by atoms with E-state index in [1.807, 2.05) is 74.5 Å². The topological polar surface area (TPSA) is 63.2 Å². The molecule has 0 spiro atoms.